The number of hydrogen-bond acceptors (Lipinski definition) is 4. The number of carbonyl (C=O) groups is 1. The molecule has 2 rings (SSSR count). The summed E-state index contributed by atoms with van der Waals surface area (Å²) in [6, 6.07) is 10.9. The summed E-state index contributed by atoms with van der Waals surface area (Å²) in [5, 5.41) is 9.94. The molecule has 0 fully saturated rings. The van der Waals surface area contributed by atoms with Gasteiger partial charge in [-0.2, -0.15) is 0 Å². The van der Waals surface area contributed by atoms with E-state index in [0.29, 0.717) is 5.69 Å². The van der Waals surface area contributed by atoms with E-state index in [0.717, 1.165) is 6.07 Å². The number of benzene rings is 2. The van der Waals surface area contributed by atoms with Gasteiger partial charge in [0.1, 0.15) is 5.82 Å². The molecule has 9 heteroatoms. The number of amides is 1. The summed E-state index contributed by atoms with van der Waals surface area (Å²) in [5.41, 5.74) is 0.303. The van der Waals surface area contributed by atoms with E-state index in [1.165, 1.54) is 42.5 Å². The Morgan fingerprint density at radius 3 is 2.26 bits per heavy atom. The molecular weight excluding hydrogens is 341 g/mol. The zero-order valence-corrected chi connectivity index (χ0v) is 13.2. The molecule has 4 N–H and O–H groups in total. The minimum atomic E-state index is -3.78. The minimum absolute atomic E-state index is 0.0515. The van der Waals surface area contributed by atoms with Gasteiger partial charge in [0.25, 0.3) is 5.91 Å². The van der Waals surface area contributed by atoms with Crippen LogP contribution in [0.1, 0.15) is 10.4 Å². The highest BCUT2D eigenvalue weighted by atomic mass is 32.2. The number of primary sulfonamides is 1. The molecule has 2 aromatic carbocycles. The molecule has 0 atom stereocenters. The van der Waals surface area contributed by atoms with Gasteiger partial charge in [-0.15, -0.1) is 0 Å². The largest absolute Gasteiger partial charge is 0.332 e. The van der Waals surface area contributed by atoms with Crippen molar-refractivity contribution in [1.82, 2.24) is 5.32 Å². The van der Waals surface area contributed by atoms with Crippen LogP contribution in [0.2, 0.25) is 0 Å². The lowest BCUT2D eigenvalue weighted by molar-refractivity contribution is 0.0974. The van der Waals surface area contributed by atoms with Crippen molar-refractivity contribution in [2.75, 3.05) is 5.32 Å². The summed E-state index contributed by atoms with van der Waals surface area (Å²) in [6.07, 6.45) is 0. The molecule has 0 aliphatic carbocycles. The lowest BCUT2D eigenvalue weighted by Gasteiger charge is -2.10. The van der Waals surface area contributed by atoms with Gasteiger partial charge in [0, 0.05) is 5.69 Å². The van der Waals surface area contributed by atoms with Gasteiger partial charge < -0.3 is 5.32 Å². The smallest absolute Gasteiger partial charge is 0.260 e. The summed E-state index contributed by atoms with van der Waals surface area (Å²) in [4.78, 5) is 11.8. The van der Waals surface area contributed by atoms with Gasteiger partial charge in [0.2, 0.25) is 10.0 Å². The van der Waals surface area contributed by atoms with Crippen molar-refractivity contribution < 1.29 is 17.6 Å². The SMILES string of the molecule is NS(=O)(=O)c1ccc(NC(=S)NC(=O)c2ccccc2F)cc1. The van der Waals surface area contributed by atoms with Crippen LogP contribution < -0.4 is 15.8 Å². The number of nitrogens with two attached hydrogens (primary N) is 1. The Morgan fingerprint density at radius 2 is 1.70 bits per heavy atom. The van der Waals surface area contributed by atoms with Gasteiger partial charge >= 0.3 is 0 Å². The zero-order valence-electron chi connectivity index (χ0n) is 11.6. The van der Waals surface area contributed by atoms with Gasteiger partial charge in [-0.1, -0.05) is 12.1 Å². The van der Waals surface area contributed by atoms with E-state index < -0.39 is 21.7 Å². The van der Waals surface area contributed by atoms with E-state index in [9.17, 15) is 17.6 Å². The molecule has 0 heterocycles. The molecule has 2 aromatic rings. The number of carbonyl (C=O) groups excluding carboxylic acids is 1. The number of sulfonamides is 1. The molecule has 0 aliphatic rings. The fourth-order valence-electron chi connectivity index (χ4n) is 1.71. The second-order valence-electron chi connectivity index (χ2n) is 4.46. The van der Waals surface area contributed by atoms with Crippen molar-refractivity contribution >= 4 is 38.9 Å². The van der Waals surface area contributed by atoms with Gasteiger partial charge in [0.15, 0.2) is 5.11 Å². The molecule has 0 aromatic heterocycles. The van der Waals surface area contributed by atoms with Crippen LogP contribution in [-0.4, -0.2) is 19.4 Å². The van der Waals surface area contributed by atoms with Crippen molar-refractivity contribution in [2.45, 2.75) is 4.90 Å². The van der Waals surface area contributed by atoms with Crippen LogP contribution >= 0.6 is 12.2 Å². The summed E-state index contributed by atoms with van der Waals surface area (Å²) in [6.45, 7) is 0. The van der Waals surface area contributed by atoms with Crippen LogP contribution in [0, 0.1) is 5.82 Å². The Balaban J connectivity index is 2.03. The number of halogens is 1. The third kappa shape index (κ3) is 4.55. The van der Waals surface area contributed by atoms with E-state index in [1.54, 1.807) is 0 Å². The molecule has 120 valence electrons. The lowest BCUT2D eigenvalue weighted by Crippen LogP contribution is -2.34. The monoisotopic (exact) mass is 353 g/mol. The maximum Gasteiger partial charge on any atom is 0.260 e. The van der Waals surface area contributed by atoms with Crippen molar-refractivity contribution in [3.63, 3.8) is 0 Å². The van der Waals surface area contributed by atoms with Crippen molar-refractivity contribution in [3.8, 4) is 0 Å². The highest BCUT2D eigenvalue weighted by Gasteiger charge is 2.12. The molecule has 0 radical (unpaired) electrons. The van der Waals surface area contributed by atoms with Crippen LogP contribution in [0.5, 0.6) is 0 Å². The average molecular weight is 353 g/mol. The first-order chi connectivity index (χ1) is 10.8. The topological polar surface area (TPSA) is 101 Å². The van der Waals surface area contributed by atoms with Crippen LogP contribution in [0.4, 0.5) is 10.1 Å². The van der Waals surface area contributed by atoms with Crippen molar-refractivity contribution in [2.24, 2.45) is 5.14 Å². The van der Waals surface area contributed by atoms with Gasteiger partial charge in [0.05, 0.1) is 10.5 Å². The molecule has 6 nitrogen and oxygen atoms in total. The second kappa shape index (κ2) is 6.82. The first kappa shape index (κ1) is 17.0. The third-order valence-corrected chi connectivity index (χ3v) is 3.92. The minimum Gasteiger partial charge on any atom is -0.332 e. The Hall–Kier alpha value is -2.36. The highest BCUT2D eigenvalue weighted by Crippen LogP contribution is 2.13. The van der Waals surface area contributed by atoms with Crippen LogP contribution in [0.25, 0.3) is 0 Å². The molecule has 0 saturated carbocycles. The molecule has 0 aliphatic heterocycles. The van der Waals surface area contributed by atoms with Gasteiger partial charge in [-0.25, -0.2) is 17.9 Å². The molecule has 0 unspecified atom stereocenters. The summed E-state index contributed by atoms with van der Waals surface area (Å²) in [7, 11) is -3.78. The van der Waals surface area contributed by atoms with Gasteiger partial charge in [-0.3, -0.25) is 10.1 Å². The van der Waals surface area contributed by atoms with Crippen LogP contribution in [0.3, 0.4) is 0 Å². The molecule has 0 saturated heterocycles. The average Bonchev–Trinajstić information content (AvgIpc) is 2.47. The second-order valence-corrected chi connectivity index (χ2v) is 6.43. The Bertz CT molecular complexity index is 852. The van der Waals surface area contributed by atoms with Crippen LogP contribution in [0.15, 0.2) is 53.4 Å². The molecule has 23 heavy (non-hydrogen) atoms. The third-order valence-electron chi connectivity index (χ3n) is 2.79. The first-order valence-electron chi connectivity index (χ1n) is 6.27. The number of nitrogens with one attached hydrogen (secondary N) is 2. The van der Waals surface area contributed by atoms with Crippen LogP contribution in [-0.2, 0) is 10.0 Å². The number of hydrogen-bond donors (Lipinski definition) is 3. The summed E-state index contributed by atoms with van der Waals surface area (Å²) < 4.78 is 35.8. The Morgan fingerprint density at radius 1 is 1.09 bits per heavy atom. The fourth-order valence-corrected chi connectivity index (χ4v) is 2.43. The highest BCUT2D eigenvalue weighted by molar-refractivity contribution is 7.89. The van der Waals surface area contributed by atoms with Crippen molar-refractivity contribution in [3.05, 3.63) is 59.9 Å². The predicted molar refractivity (Wildman–Crippen MR) is 87.9 cm³/mol. The molecule has 0 bridgehead atoms. The Labute approximate surface area is 137 Å². The van der Waals surface area contributed by atoms with E-state index in [2.05, 4.69) is 10.6 Å². The summed E-state index contributed by atoms with van der Waals surface area (Å²) in [5.74, 6) is -1.35. The van der Waals surface area contributed by atoms with E-state index >= 15 is 0 Å². The molecule has 0 spiro atoms. The molecular formula is C14H12FN3O3S2. The Kier molecular flexibility index (Phi) is 5.04. The normalized spacial score (nSPS) is 10.9. The number of rotatable bonds is 3. The molecule has 1 amide bonds. The fraction of sp³-hybridized carbons (Fsp3) is 0. The predicted octanol–water partition coefficient (Wildman–Crippen LogP) is 1.60. The lowest BCUT2D eigenvalue weighted by atomic mass is 10.2. The number of anilines is 1. The maximum absolute atomic E-state index is 13.5. The number of thiocarbonyl (C=S) groups is 1. The van der Waals surface area contributed by atoms with Crippen molar-refractivity contribution in [1.29, 1.82) is 0 Å². The zero-order chi connectivity index (χ0) is 17.0. The van der Waals surface area contributed by atoms with E-state index in [4.69, 9.17) is 17.4 Å². The first-order valence-corrected chi connectivity index (χ1v) is 8.22. The van der Waals surface area contributed by atoms with Gasteiger partial charge in [-0.05, 0) is 48.6 Å². The maximum atomic E-state index is 13.5. The summed E-state index contributed by atoms with van der Waals surface area (Å²) >= 11 is 4.95. The standard InChI is InChI=1S/C14H12FN3O3S2/c15-12-4-2-1-3-11(12)13(19)18-14(22)17-9-5-7-10(8-6-9)23(16,20)21/h1-8H,(H2,16,20,21)(H2,17,18,19,22). The van der Waals surface area contributed by atoms with E-state index in [1.807, 2.05) is 0 Å². The van der Waals surface area contributed by atoms with E-state index in [-0.39, 0.29) is 15.6 Å². The quantitative estimate of drug-likeness (QED) is 0.728.